The Kier molecular flexibility index (Phi) is 4.12. The third-order valence-electron chi connectivity index (χ3n) is 4.90. The van der Waals surface area contributed by atoms with Crippen LogP contribution in [0.1, 0.15) is 31.2 Å². The lowest BCUT2D eigenvalue weighted by Gasteiger charge is -2.22. The van der Waals surface area contributed by atoms with Crippen LogP contribution in [0.3, 0.4) is 0 Å². The Morgan fingerprint density at radius 1 is 1.21 bits per heavy atom. The average molecular weight is 383 g/mol. The van der Waals surface area contributed by atoms with Gasteiger partial charge in [-0.25, -0.2) is 4.99 Å². The van der Waals surface area contributed by atoms with Crippen LogP contribution in [0.25, 0.3) is 11.7 Å². The number of hydrogen-bond acceptors (Lipinski definition) is 8. The van der Waals surface area contributed by atoms with E-state index in [0.717, 1.165) is 38.9 Å². The molecule has 1 saturated heterocycles. The van der Waals surface area contributed by atoms with Gasteiger partial charge in [0, 0.05) is 36.1 Å². The van der Waals surface area contributed by atoms with Crippen LogP contribution in [0.4, 0.5) is 5.95 Å². The van der Waals surface area contributed by atoms with E-state index in [9.17, 15) is 10.2 Å². The number of rotatable bonds is 4. The molecule has 0 spiro atoms. The van der Waals surface area contributed by atoms with Gasteiger partial charge in [0.2, 0.25) is 5.95 Å². The van der Waals surface area contributed by atoms with Crippen molar-refractivity contribution in [1.82, 2.24) is 24.6 Å². The molecule has 1 saturated carbocycles. The molecule has 3 aromatic rings. The van der Waals surface area contributed by atoms with Gasteiger partial charge < -0.3 is 20.3 Å². The molecule has 3 aromatic heterocycles. The molecule has 0 unspecified atom stereocenters. The van der Waals surface area contributed by atoms with Crippen LogP contribution >= 0.6 is 0 Å². The van der Waals surface area contributed by atoms with Crippen LogP contribution in [0.15, 0.2) is 17.3 Å². The normalized spacial score (nSPS) is 19.6. The summed E-state index contributed by atoms with van der Waals surface area (Å²) in [5, 5.41) is 27.9. The summed E-state index contributed by atoms with van der Waals surface area (Å²) in [5.41, 5.74) is 1.55. The van der Waals surface area contributed by atoms with Crippen LogP contribution in [0.2, 0.25) is 0 Å². The maximum Gasteiger partial charge on any atom is 0.251 e. The molecule has 0 radical (unpaired) electrons. The largest absolute Gasteiger partial charge is 0.494 e. The third kappa shape index (κ3) is 3.38. The van der Waals surface area contributed by atoms with E-state index in [4.69, 9.17) is 4.74 Å². The van der Waals surface area contributed by atoms with E-state index in [2.05, 4.69) is 30.4 Å². The van der Waals surface area contributed by atoms with Gasteiger partial charge in [0.1, 0.15) is 0 Å². The Hall–Kier alpha value is -3.14. The van der Waals surface area contributed by atoms with Crippen molar-refractivity contribution >= 4 is 17.7 Å². The monoisotopic (exact) mass is 383 g/mol. The van der Waals surface area contributed by atoms with Crippen molar-refractivity contribution in [3.63, 3.8) is 0 Å². The van der Waals surface area contributed by atoms with Crippen molar-refractivity contribution in [3.05, 3.63) is 28.7 Å². The highest BCUT2D eigenvalue weighted by molar-refractivity contribution is 5.61. The number of aromatic nitrogens is 5. The number of fused-ring (bicyclic) bond motifs is 1. The van der Waals surface area contributed by atoms with Crippen molar-refractivity contribution in [3.8, 4) is 11.8 Å². The first-order valence-electron chi connectivity index (χ1n) is 9.42. The number of nitrogens with zero attached hydrogens (tertiary/aromatic N) is 5. The molecule has 0 atom stereocenters. The second kappa shape index (κ2) is 6.79. The van der Waals surface area contributed by atoms with Crippen LogP contribution in [0, 0.1) is 0 Å². The van der Waals surface area contributed by atoms with E-state index in [1.165, 1.54) is 6.07 Å². The molecule has 5 rings (SSSR count). The molecule has 4 heterocycles. The maximum atomic E-state index is 9.91. The lowest BCUT2D eigenvalue weighted by molar-refractivity contribution is 0.0903. The molecule has 0 bridgehead atoms. The Morgan fingerprint density at radius 2 is 2.04 bits per heavy atom. The van der Waals surface area contributed by atoms with Crippen LogP contribution < -0.4 is 16.2 Å². The zero-order chi connectivity index (χ0) is 19.1. The van der Waals surface area contributed by atoms with Gasteiger partial charge >= 0.3 is 0 Å². The van der Waals surface area contributed by atoms with Crippen molar-refractivity contribution in [2.24, 2.45) is 4.99 Å². The second-order valence-corrected chi connectivity index (χ2v) is 7.18. The number of aromatic amines is 1. The van der Waals surface area contributed by atoms with E-state index in [1.807, 2.05) is 0 Å². The molecule has 0 aromatic carbocycles. The summed E-state index contributed by atoms with van der Waals surface area (Å²) in [6.07, 6.45) is 7.28. The standard InChI is InChI=1S/C18H21N7O3/c26-14-8-10(16(27)22-14)7-11-9-19-25-15(11)23-17(20-13-3-5-28-6-4-13)24-18(25)21-12-1-2-12/h7-9,12-13,22,26-27H,1-6H2,(H,20,21,24). The Labute approximate surface area is 159 Å². The van der Waals surface area contributed by atoms with E-state index >= 15 is 0 Å². The lowest BCUT2D eigenvalue weighted by atomic mass is 10.1. The fourth-order valence-corrected chi connectivity index (χ4v) is 3.24. The third-order valence-corrected chi connectivity index (χ3v) is 4.90. The van der Waals surface area contributed by atoms with Crippen molar-refractivity contribution in [2.75, 3.05) is 18.5 Å². The molecule has 10 nitrogen and oxygen atoms in total. The number of hydrogen-bond donors (Lipinski definition) is 4. The average Bonchev–Trinajstić information content (AvgIpc) is 3.32. The van der Waals surface area contributed by atoms with E-state index in [0.29, 0.717) is 28.0 Å². The van der Waals surface area contributed by atoms with Gasteiger partial charge in [-0.2, -0.15) is 19.6 Å². The Balaban J connectivity index is 1.62. The maximum absolute atomic E-state index is 9.91. The van der Waals surface area contributed by atoms with Gasteiger partial charge in [-0.05, 0) is 31.8 Å². The highest BCUT2D eigenvalue weighted by Crippen LogP contribution is 2.23. The predicted octanol–water partition coefficient (Wildman–Crippen LogP) is 0.0653. The minimum absolute atomic E-state index is 0.110. The van der Waals surface area contributed by atoms with E-state index in [1.54, 1.807) is 16.8 Å². The Morgan fingerprint density at radius 3 is 2.75 bits per heavy atom. The summed E-state index contributed by atoms with van der Waals surface area (Å²) in [6, 6.07) is 1.98. The SMILES string of the molecule is Oc1cc(C=c2cnn3c(=NC4CC4)nc(NC4CCOCC4)nc23)c(O)[nH]1. The van der Waals surface area contributed by atoms with Gasteiger partial charge in [-0.3, -0.25) is 4.98 Å². The molecule has 2 aliphatic rings. The van der Waals surface area contributed by atoms with Gasteiger partial charge in [0.05, 0.1) is 12.2 Å². The lowest BCUT2D eigenvalue weighted by Crippen LogP contribution is -2.31. The highest BCUT2D eigenvalue weighted by Gasteiger charge is 2.21. The first-order chi connectivity index (χ1) is 13.7. The van der Waals surface area contributed by atoms with Crippen molar-refractivity contribution in [1.29, 1.82) is 0 Å². The molecule has 1 aliphatic heterocycles. The zero-order valence-corrected chi connectivity index (χ0v) is 15.2. The molecule has 1 aliphatic carbocycles. The quantitative estimate of drug-likeness (QED) is 0.501. The molecular formula is C18H21N7O3. The number of ether oxygens (including phenoxy) is 1. The molecule has 0 amide bonds. The highest BCUT2D eigenvalue weighted by atomic mass is 16.5. The summed E-state index contributed by atoms with van der Waals surface area (Å²) >= 11 is 0. The molecule has 28 heavy (non-hydrogen) atoms. The second-order valence-electron chi connectivity index (χ2n) is 7.18. The molecule has 146 valence electrons. The number of aromatic hydroxyl groups is 2. The first kappa shape index (κ1) is 17.0. The summed E-state index contributed by atoms with van der Waals surface area (Å²) in [7, 11) is 0. The molecule has 4 N–H and O–H groups in total. The van der Waals surface area contributed by atoms with Gasteiger partial charge in [0.25, 0.3) is 5.62 Å². The predicted molar refractivity (Wildman–Crippen MR) is 99.7 cm³/mol. The number of H-pyrrole nitrogens is 1. The zero-order valence-electron chi connectivity index (χ0n) is 15.2. The summed E-state index contributed by atoms with van der Waals surface area (Å²) in [6.45, 7) is 1.45. The first-order valence-corrected chi connectivity index (χ1v) is 9.42. The smallest absolute Gasteiger partial charge is 0.251 e. The number of anilines is 1. The minimum atomic E-state index is -0.116. The summed E-state index contributed by atoms with van der Waals surface area (Å²) in [5.74, 6) is 0.283. The molecule has 2 fully saturated rings. The minimum Gasteiger partial charge on any atom is -0.494 e. The Bertz CT molecular complexity index is 1130. The van der Waals surface area contributed by atoms with Gasteiger partial charge in [-0.15, -0.1) is 0 Å². The topological polar surface area (TPSA) is 133 Å². The molecule has 10 heteroatoms. The van der Waals surface area contributed by atoms with Crippen molar-refractivity contribution < 1.29 is 14.9 Å². The number of nitrogens with one attached hydrogen (secondary N) is 2. The van der Waals surface area contributed by atoms with Gasteiger partial charge in [-0.1, -0.05) is 0 Å². The van der Waals surface area contributed by atoms with Gasteiger partial charge in [0.15, 0.2) is 17.4 Å². The van der Waals surface area contributed by atoms with Crippen molar-refractivity contribution in [2.45, 2.75) is 37.8 Å². The fourth-order valence-electron chi connectivity index (χ4n) is 3.24. The summed E-state index contributed by atoms with van der Waals surface area (Å²) in [4.78, 5) is 16.3. The van der Waals surface area contributed by atoms with Crippen LogP contribution in [-0.2, 0) is 4.74 Å². The van der Waals surface area contributed by atoms with E-state index in [-0.39, 0.29) is 23.8 Å². The molecular weight excluding hydrogens is 362 g/mol. The van der Waals surface area contributed by atoms with Crippen LogP contribution in [0.5, 0.6) is 11.8 Å². The summed E-state index contributed by atoms with van der Waals surface area (Å²) < 4.78 is 7.03. The fraction of sp³-hybridized carbons (Fsp3) is 0.444. The van der Waals surface area contributed by atoms with E-state index < -0.39 is 0 Å². The van der Waals surface area contributed by atoms with Crippen LogP contribution in [-0.4, -0.2) is 60.1 Å².